The van der Waals surface area contributed by atoms with Gasteiger partial charge in [0, 0.05) is 19.0 Å². The van der Waals surface area contributed by atoms with Gasteiger partial charge in [0.15, 0.2) is 0 Å². The Morgan fingerprint density at radius 1 is 1.25 bits per heavy atom. The predicted octanol–water partition coefficient (Wildman–Crippen LogP) is 0.145. The molecule has 0 fully saturated rings. The van der Waals surface area contributed by atoms with Gasteiger partial charge in [0.2, 0.25) is 11.8 Å². The second kappa shape index (κ2) is 8.10. The molecule has 5 nitrogen and oxygen atoms in total. The van der Waals surface area contributed by atoms with Gasteiger partial charge in [0.05, 0.1) is 6.04 Å². The minimum atomic E-state index is -0.474. The van der Waals surface area contributed by atoms with Gasteiger partial charge in [-0.25, -0.2) is 0 Å². The SMILES string of the molecule is CCC(C)NC(=O)CCNC(=O)[C@H](N)CC. The van der Waals surface area contributed by atoms with E-state index in [9.17, 15) is 9.59 Å². The van der Waals surface area contributed by atoms with Gasteiger partial charge in [-0.05, 0) is 19.8 Å². The molecule has 0 saturated carbocycles. The smallest absolute Gasteiger partial charge is 0.236 e. The van der Waals surface area contributed by atoms with E-state index in [0.717, 1.165) is 6.42 Å². The zero-order valence-electron chi connectivity index (χ0n) is 10.4. The average molecular weight is 229 g/mol. The zero-order chi connectivity index (χ0) is 12.6. The molecule has 0 aliphatic heterocycles. The van der Waals surface area contributed by atoms with E-state index in [2.05, 4.69) is 10.6 Å². The van der Waals surface area contributed by atoms with Crippen molar-refractivity contribution >= 4 is 11.8 Å². The van der Waals surface area contributed by atoms with Gasteiger partial charge < -0.3 is 16.4 Å². The summed E-state index contributed by atoms with van der Waals surface area (Å²) in [5.41, 5.74) is 5.52. The molecule has 2 amide bonds. The summed E-state index contributed by atoms with van der Waals surface area (Å²) in [6, 6.07) is -0.293. The van der Waals surface area contributed by atoms with Crippen LogP contribution in [-0.2, 0) is 9.59 Å². The lowest BCUT2D eigenvalue weighted by molar-refractivity contribution is -0.123. The Morgan fingerprint density at radius 2 is 1.88 bits per heavy atom. The molecule has 0 aromatic carbocycles. The van der Waals surface area contributed by atoms with E-state index < -0.39 is 6.04 Å². The van der Waals surface area contributed by atoms with E-state index in [4.69, 9.17) is 5.73 Å². The third kappa shape index (κ3) is 6.40. The summed E-state index contributed by atoms with van der Waals surface area (Å²) in [5.74, 6) is -0.237. The molecular weight excluding hydrogens is 206 g/mol. The first-order valence-electron chi connectivity index (χ1n) is 5.83. The number of nitrogens with two attached hydrogens (primary N) is 1. The topological polar surface area (TPSA) is 84.2 Å². The Labute approximate surface area is 97.2 Å². The molecule has 4 N–H and O–H groups in total. The van der Waals surface area contributed by atoms with Gasteiger partial charge in [-0.2, -0.15) is 0 Å². The van der Waals surface area contributed by atoms with Crippen LogP contribution in [0.25, 0.3) is 0 Å². The van der Waals surface area contributed by atoms with Crippen molar-refractivity contribution in [2.75, 3.05) is 6.54 Å². The molecule has 0 rings (SSSR count). The highest BCUT2D eigenvalue weighted by molar-refractivity contribution is 5.82. The molecule has 0 heterocycles. The molecule has 0 spiro atoms. The second-order valence-corrected chi connectivity index (χ2v) is 3.93. The number of hydrogen-bond acceptors (Lipinski definition) is 3. The molecule has 16 heavy (non-hydrogen) atoms. The summed E-state index contributed by atoms with van der Waals surface area (Å²) >= 11 is 0. The lowest BCUT2D eigenvalue weighted by Gasteiger charge is -2.12. The fourth-order valence-corrected chi connectivity index (χ4v) is 1.06. The second-order valence-electron chi connectivity index (χ2n) is 3.93. The quantitative estimate of drug-likeness (QED) is 0.581. The van der Waals surface area contributed by atoms with Crippen molar-refractivity contribution in [2.45, 2.75) is 52.1 Å². The predicted molar refractivity (Wildman–Crippen MR) is 63.8 cm³/mol. The number of carbonyl (C=O) groups excluding carboxylic acids is 2. The maximum absolute atomic E-state index is 11.3. The largest absolute Gasteiger partial charge is 0.354 e. The maximum atomic E-state index is 11.3. The van der Waals surface area contributed by atoms with Gasteiger partial charge in [-0.3, -0.25) is 9.59 Å². The van der Waals surface area contributed by atoms with Crippen molar-refractivity contribution in [3.63, 3.8) is 0 Å². The first-order valence-corrected chi connectivity index (χ1v) is 5.83. The van der Waals surface area contributed by atoms with Crippen molar-refractivity contribution in [3.05, 3.63) is 0 Å². The number of amides is 2. The first kappa shape index (κ1) is 14.9. The Bertz CT molecular complexity index is 231. The lowest BCUT2D eigenvalue weighted by Crippen LogP contribution is -2.42. The summed E-state index contributed by atoms with van der Waals surface area (Å²) in [4.78, 5) is 22.6. The number of carbonyl (C=O) groups is 2. The average Bonchev–Trinajstić information content (AvgIpc) is 2.27. The van der Waals surface area contributed by atoms with Gasteiger partial charge in [0.1, 0.15) is 0 Å². The Kier molecular flexibility index (Phi) is 7.54. The maximum Gasteiger partial charge on any atom is 0.236 e. The highest BCUT2D eigenvalue weighted by atomic mass is 16.2. The van der Waals surface area contributed by atoms with Crippen molar-refractivity contribution in [2.24, 2.45) is 5.73 Å². The van der Waals surface area contributed by atoms with Crippen molar-refractivity contribution < 1.29 is 9.59 Å². The van der Waals surface area contributed by atoms with Gasteiger partial charge in [0.25, 0.3) is 0 Å². The molecule has 0 saturated heterocycles. The summed E-state index contributed by atoms with van der Waals surface area (Å²) in [7, 11) is 0. The molecule has 5 heteroatoms. The van der Waals surface area contributed by atoms with Gasteiger partial charge in [-0.1, -0.05) is 13.8 Å². The van der Waals surface area contributed by atoms with Crippen LogP contribution in [0.1, 0.15) is 40.0 Å². The van der Waals surface area contributed by atoms with Gasteiger partial charge in [-0.15, -0.1) is 0 Å². The number of hydrogen-bond donors (Lipinski definition) is 3. The molecule has 0 bridgehead atoms. The van der Waals surface area contributed by atoms with E-state index in [-0.39, 0.29) is 17.9 Å². The summed E-state index contributed by atoms with van der Waals surface area (Å²) in [6.07, 6.45) is 1.80. The van der Waals surface area contributed by atoms with Crippen LogP contribution < -0.4 is 16.4 Å². The minimum Gasteiger partial charge on any atom is -0.354 e. The number of nitrogens with one attached hydrogen (secondary N) is 2. The monoisotopic (exact) mass is 229 g/mol. The Hall–Kier alpha value is -1.10. The fourth-order valence-electron chi connectivity index (χ4n) is 1.06. The molecule has 94 valence electrons. The molecular formula is C11H23N3O2. The third-order valence-corrected chi connectivity index (χ3v) is 2.45. The molecule has 0 aliphatic carbocycles. The van der Waals surface area contributed by atoms with Crippen LogP contribution in [0.4, 0.5) is 0 Å². The van der Waals surface area contributed by atoms with Crippen LogP contribution in [0.5, 0.6) is 0 Å². The van der Waals surface area contributed by atoms with Crippen LogP contribution in [-0.4, -0.2) is 30.4 Å². The van der Waals surface area contributed by atoms with Crippen LogP contribution in [0, 0.1) is 0 Å². The minimum absolute atomic E-state index is 0.0419. The van der Waals surface area contributed by atoms with E-state index >= 15 is 0 Å². The zero-order valence-corrected chi connectivity index (χ0v) is 10.4. The molecule has 0 aliphatic rings. The third-order valence-electron chi connectivity index (χ3n) is 2.45. The molecule has 0 radical (unpaired) electrons. The Morgan fingerprint density at radius 3 is 2.38 bits per heavy atom. The van der Waals surface area contributed by atoms with Crippen LogP contribution in [0.3, 0.4) is 0 Å². The molecule has 0 aromatic rings. The van der Waals surface area contributed by atoms with Crippen molar-refractivity contribution in [1.29, 1.82) is 0 Å². The highest BCUT2D eigenvalue weighted by Gasteiger charge is 2.11. The standard InChI is InChI=1S/C11H23N3O2/c1-4-8(3)14-10(15)6-7-13-11(16)9(12)5-2/h8-9H,4-7,12H2,1-3H3,(H,13,16)(H,14,15)/t8?,9-/m1/s1. The fraction of sp³-hybridized carbons (Fsp3) is 0.818. The normalized spacial score (nSPS) is 14.0. The summed E-state index contributed by atoms with van der Waals surface area (Å²) in [6.45, 7) is 6.14. The van der Waals surface area contributed by atoms with Crippen molar-refractivity contribution in [3.8, 4) is 0 Å². The Balaban J connectivity index is 3.66. The van der Waals surface area contributed by atoms with E-state index in [0.29, 0.717) is 19.4 Å². The number of rotatable bonds is 7. The summed E-state index contributed by atoms with van der Waals surface area (Å²) < 4.78 is 0. The lowest BCUT2D eigenvalue weighted by atomic mass is 10.2. The van der Waals surface area contributed by atoms with E-state index in [1.807, 2.05) is 20.8 Å². The molecule has 1 unspecified atom stereocenters. The van der Waals surface area contributed by atoms with Gasteiger partial charge >= 0.3 is 0 Å². The highest BCUT2D eigenvalue weighted by Crippen LogP contribution is 1.90. The molecule has 0 aromatic heterocycles. The van der Waals surface area contributed by atoms with Crippen LogP contribution in [0.2, 0.25) is 0 Å². The van der Waals surface area contributed by atoms with E-state index in [1.165, 1.54) is 0 Å². The van der Waals surface area contributed by atoms with Crippen LogP contribution in [0.15, 0.2) is 0 Å². The molecule has 2 atom stereocenters. The van der Waals surface area contributed by atoms with Crippen LogP contribution >= 0.6 is 0 Å². The first-order chi connectivity index (χ1) is 7.51. The van der Waals surface area contributed by atoms with Crippen molar-refractivity contribution in [1.82, 2.24) is 10.6 Å². The summed E-state index contributed by atoms with van der Waals surface area (Å²) in [5, 5.41) is 5.46. The van der Waals surface area contributed by atoms with E-state index in [1.54, 1.807) is 0 Å².